The number of hydrogen-bond acceptors (Lipinski definition) is 5. The number of nitro benzene ring substituents is 2. The standard InChI is InChI=1S/C14H12N2O4S/c1-9-4-3-5-12(6-9)21-14-8-11(15(17)18)7-13(10(14)2)16(19)20/h3-8H,1-2H3. The molecule has 0 saturated carbocycles. The van der Waals surface area contributed by atoms with Crippen LogP contribution in [0.5, 0.6) is 0 Å². The summed E-state index contributed by atoms with van der Waals surface area (Å²) in [5.41, 5.74) is 0.969. The van der Waals surface area contributed by atoms with Gasteiger partial charge < -0.3 is 0 Å². The fourth-order valence-electron chi connectivity index (χ4n) is 1.87. The summed E-state index contributed by atoms with van der Waals surface area (Å²) < 4.78 is 0. The van der Waals surface area contributed by atoms with Crippen LogP contribution in [-0.2, 0) is 0 Å². The molecule has 0 bridgehead atoms. The Morgan fingerprint density at radius 3 is 2.29 bits per heavy atom. The molecule has 108 valence electrons. The van der Waals surface area contributed by atoms with Gasteiger partial charge in [0, 0.05) is 21.4 Å². The molecule has 6 nitrogen and oxygen atoms in total. The first-order chi connectivity index (χ1) is 9.88. The van der Waals surface area contributed by atoms with Crippen molar-refractivity contribution in [2.24, 2.45) is 0 Å². The molecule has 0 atom stereocenters. The van der Waals surface area contributed by atoms with Crippen LogP contribution in [0.15, 0.2) is 46.2 Å². The van der Waals surface area contributed by atoms with Crippen LogP contribution < -0.4 is 0 Å². The van der Waals surface area contributed by atoms with Gasteiger partial charge in [0.2, 0.25) is 0 Å². The van der Waals surface area contributed by atoms with Crippen molar-refractivity contribution in [1.29, 1.82) is 0 Å². The average Bonchev–Trinajstić information content (AvgIpc) is 2.40. The van der Waals surface area contributed by atoms with Crippen molar-refractivity contribution < 1.29 is 9.85 Å². The minimum atomic E-state index is -0.618. The van der Waals surface area contributed by atoms with Crippen molar-refractivity contribution in [1.82, 2.24) is 0 Å². The van der Waals surface area contributed by atoms with E-state index in [4.69, 9.17) is 0 Å². The van der Waals surface area contributed by atoms with Gasteiger partial charge in [-0.3, -0.25) is 20.2 Å². The first-order valence-corrected chi connectivity index (χ1v) is 6.88. The van der Waals surface area contributed by atoms with E-state index in [2.05, 4.69) is 0 Å². The fraction of sp³-hybridized carbons (Fsp3) is 0.143. The van der Waals surface area contributed by atoms with Crippen LogP contribution in [0.2, 0.25) is 0 Å². The van der Waals surface area contributed by atoms with Gasteiger partial charge in [0.25, 0.3) is 11.4 Å². The second-order valence-corrected chi connectivity index (χ2v) is 5.64. The monoisotopic (exact) mass is 304 g/mol. The average molecular weight is 304 g/mol. The van der Waals surface area contributed by atoms with E-state index in [0.717, 1.165) is 16.5 Å². The Bertz CT molecular complexity index is 731. The Hall–Kier alpha value is -2.41. The van der Waals surface area contributed by atoms with Gasteiger partial charge in [-0.2, -0.15) is 0 Å². The molecule has 0 radical (unpaired) electrons. The molecule has 2 rings (SSSR count). The molecule has 0 unspecified atom stereocenters. The number of rotatable bonds is 4. The number of non-ortho nitro benzene ring substituents is 1. The molecule has 0 amide bonds. The van der Waals surface area contributed by atoms with Crippen LogP contribution >= 0.6 is 11.8 Å². The van der Waals surface area contributed by atoms with Gasteiger partial charge in [-0.15, -0.1) is 0 Å². The molecular formula is C14H12N2O4S. The predicted molar refractivity (Wildman–Crippen MR) is 79.8 cm³/mol. The van der Waals surface area contributed by atoms with Crippen molar-refractivity contribution in [3.8, 4) is 0 Å². The SMILES string of the molecule is Cc1cccc(Sc2cc([N+](=O)[O-])cc([N+](=O)[O-])c2C)c1. The molecule has 7 heteroatoms. The van der Waals surface area contributed by atoms with Crippen LogP contribution in [0.1, 0.15) is 11.1 Å². The number of nitrogens with zero attached hydrogens (tertiary/aromatic N) is 2. The minimum Gasteiger partial charge on any atom is -0.258 e. The summed E-state index contributed by atoms with van der Waals surface area (Å²) in [7, 11) is 0. The Balaban J connectivity index is 2.51. The predicted octanol–water partition coefficient (Wildman–Crippen LogP) is 4.27. The van der Waals surface area contributed by atoms with Crippen LogP contribution in [0.4, 0.5) is 11.4 Å². The highest BCUT2D eigenvalue weighted by molar-refractivity contribution is 7.99. The summed E-state index contributed by atoms with van der Waals surface area (Å²) in [6.07, 6.45) is 0. The van der Waals surface area contributed by atoms with Crippen molar-refractivity contribution in [3.05, 3.63) is 67.8 Å². The molecular weight excluding hydrogens is 292 g/mol. The number of nitro groups is 2. The highest BCUT2D eigenvalue weighted by atomic mass is 32.2. The molecule has 0 heterocycles. The van der Waals surface area contributed by atoms with Crippen LogP contribution in [0.25, 0.3) is 0 Å². The first-order valence-electron chi connectivity index (χ1n) is 6.06. The van der Waals surface area contributed by atoms with E-state index in [1.165, 1.54) is 17.8 Å². The molecule has 0 N–H and O–H groups in total. The number of benzene rings is 2. The molecule has 0 aliphatic rings. The third-order valence-electron chi connectivity index (χ3n) is 2.94. The van der Waals surface area contributed by atoms with Gasteiger partial charge >= 0.3 is 0 Å². The maximum atomic E-state index is 11.0. The molecule has 21 heavy (non-hydrogen) atoms. The normalized spacial score (nSPS) is 10.4. The molecule has 0 aromatic heterocycles. The van der Waals surface area contributed by atoms with Gasteiger partial charge in [0.1, 0.15) is 0 Å². The summed E-state index contributed by atoms with van der Waals surface area (Å²) in [4.78, 5) is 22.1. The lowest BCUT2D eigenvalue weighted by Crippen LogP contribution is -1.97. The highest BCUT2D eigenvalue weighted by Crippen LogP contribution is 2.37. The summed E-state index contributed by atoms with van der Waals surface area (Å²) in [6.45, 7) is 3.53. The van der Waals surface area contributed by atoms with E-state index in [-0.39, 0.29) is 11.4 Å². The summed E-state index contributed by atoms with van der Waals surface area (Å²) in [5, 5.41) is 21.9. The van der Waals surface area contributed by atoms with Crippen molar-refractivity contribution in [3.63, 3.8) is 0 Å². The van der Waals surface area contributed by atoms with E-state index in [1.807, 2.05) is 31.2 Å². The molecule has 0 fully saturated rings. The zero-order chi connectivity index (χ0) is 15.6. The Kier molecular flexibility index (Phi) is 4.23. The molecule has 0 spiro atoms. The van der Waals surface area contributed by atoms with Crippen LogP contribution in [0, 0.1) is 34.1 Å². The Morgan fingerprint density at radius 1 is 1.00 bits per heavy atom. The zero-order valence-electron chi connectivity index (χ0n) is 11.4. The molecule has 2 aromatic carbocycles. The largest absolute Gasteiger partial charge is 0.280 e. The quantitative estimate of drug-likeness (QED) is 0.621. The van der Waals surface area contributed by atoms with Gasteiger partial charge in [0.15, 0.2) is 0 Å². The maximum absolute atomic E-state index is 11.0. The smallest absolute Gasteiger partial charge is 0.258 e. The topological polar surface area (TPSA) is 86.3 Å². The minimum absolute atomic E-state index is 0.237. The third-order valence-corrected chi connectivity index (χ3v) is 4.08. The van der Waals surface area contributed by atoms with Gasteiger partial charge in [-0.1, -0.05) is 29.5 Å². The second-order valence-electron chi connectivity index (χ2n) is 4.52. The Labute approximate surface area is 125 Å². The van der Waals surface area contributed by atoms with Gasteiger partial charge in [-0.05, 0) is 26.0 Å². The lowest BCUT2D eigenvalue weighted by molar-refractivity contribution is -0.394. The lowest BCUT2D eigenvalue weighted by Gasteiger charge is -2.07. The summed E-state index contributed by atoms with van der Waals surface area (Å²) in [6, 6.07) is 9.97. The van der Waals surface area contributed by atoms with E-state index >= 15 is 0 Å². The maximum Gasteiger partial charge on any atom is 0.280 e. The van der Waals surface area contributed by atoms with Gasteiger partial charge in [0.05, 0.1) is 15.9 Å². The number of hydrogen-bond donors (Lipinski definition) is 0. The van der Waals surface area contributed by atoms with E-state index in [9.17, 15) is 20.2 Å². The van der Waals surface area contributed by atoms with Crippen molar-refractivity contribution in [2.45, 2.75) is 23.6 Å². The molecule has 0 aliphatic carbocycles. The fourth-order valence-corrected chi connectivity index (χ4v) is 2.95. The molecule has 0 saturated heterocycles. The van der Waals surface area contributed by atoms with Crippen LogP contribution in [0.3, 0.4) is 0 Å². The second kappa shape index (κ2) is 5.92. The first kappa shape index (κ1) is 15.0. The zero-order valence-corrected chi connectivity index (χ0v) is 12.2. The lowest BCUT2D eigenvalue weighted by atomic mass is 10.2. The third kappa shape index (κ3) is 3.38. The van der Waals surface area contributed by atoms with E-state index in [0.29, 0.717) is 10.5 Å². The summed E-state index contributed by atoms with van der Waals surface area (Å²) >= 11 is 1.28. The Morgan fingerprint density at radius 2 is 1.71 bits per heavy atom. The van der Waals surface area contributed by atoms with Crippen molar-refractivity contribution in [2.75, 3.05) is 0 Å². The highest BCUT2D eigenvalue weighted by Gasteiger charge is 2.21. The van der Waals surface area contributed by atoms with Crippen molar-refractivity contribution >= 4 is 23.1 Å². The molecule has 0 aliphatic heterocycles. The molecule has 2 aromatic rings. The van der Waals surface area contributed by atoms with Gasteiger partial charge in [-0.25, -0.2) is 0 Å². The number of aryl methyl sites for hydroxylation is 1. The van der Waals surface area contributed by atoms with E-state index < -0.39 is 9.85 Å². The van der Waals surface area contributed by atoms with Crippen LogP contribution in [-0.4, -0.2) is 9.85 Å². The summed E-state index contributed by atoms with van der Waals surface area (Å²) in [5.74, 6) is 0. The van der Waals surface area contributed by atoms with E-state index in [1.54, 1.807) is 6.92 Å².